The van der Waals surface area contributed by atoms with Crippen molar-refractivity contribution in [3.63, 3.8) is 0 Å². The minimum Gasteiger partial charge on any atom is -0.383 e. The van der Waals surface area contributed by atoms with Gasteiger partial charge in [-0.3, -0.25) is 13.6 Å². The van der Waals surface area contributed by atoms with E-state index >= 15 is 0 Å². The van der Waals surface area contributed by atoms with Crippen LogP contribution in [0.25, 0.3) is 22.2 Å². The molecule has 3 heterocycles. The van der Waals surface area contributed by atoms with Crippen molar-refractivity contribution in [3.05, 3.63) is 36.4 Å². The first kappa shape index (κ1) is 20.4. The summed E-state index contributed by atoms with van der Waals surface area (Å²) in [7, 11) is 3.73. The summed E-state index contributed by atoms with van der Waals surface area (Å²) in [6.45, 7) is 5.18. The molecule has 0 aliphatic heterocycles. The maximum atomic E-state index is 5.28. The van der Waals surface area contributed by atoms with E-state index in [1.54, 1.807) is 7.11 Å². The van der Waals surface area contributed by atoms with Crippen molar-refractivity contribution in [1.82, 2.24) is 23.6 Å². The normalized spacial score (nSPS) is 20.0. The van der Waals surface area contributed by atoms with E-state index in [0.717, 1.165) is 41.9 Å². The maximum absolute atomic E-state index is 5.28. The van der Waals surface area contributed by atoms with Crippen molar-refractivity contribution in [2.75, 3.05) is 26.8 Å². The molecule has 1 saturated carbocycles. The van der Waals surface area contributed by atoms with Crippen molar-refractivity contribution in [2.45, 2.75) is 44.6 Å². The fourth-order valence-electron chi connectivity index (χ4n) is 4.70. The average Bonchev–Trinajstić information content (AvgIpc) is 3.32. The standard InChI is InChI=1S/C22H31N5OS/c1-4-26(9-10-28-3)19-7-5-16(6-8-19)17-11-20-21(18-13-24-25(2)14-18)15-27(29)22(20)23-12-17/h11-16,19,29H,4-10H2,1-3H3/t16-,19-. The van der Waals surface area contributed by atoms with Gasteiger partial charge in [-0.2, -0.15) is 5.10 Å². The second-order valence-corrected chi connectivity index (χ2v) is 8.49. The van der Waals surface area contributed by atoms with Crippen LogP contribution in [0.4, 0.5) is 0 Å². The summed E-state index contributed by atoms with van der Waals surface area (Å²) in [6, 6.07) is 3.00. The molecule has 29 heavy (non-hydrogen) atoms. The molecule has 0 spiro atoms. The molecular weight excluding hydrogens is 382 g/mol. The lowest BCUT2D eigenvalue weighted by molar-refractivity contribution is 0.103. The third kappa shape index (κ3) is 4.22. The number of nitrogens with zero attached hydrogens (tertiary/aromatic N) is 5. The highest BCUT2D eigenvalue weighted by Gasteiger charge is 2.26. The van der Waals surface area contributed by atoms with Crippen LogP contribution >= 0.6 is 12.8 Å². The number of rotatable bonds is 7. The largest absolute Gasteiger partial charge is 0.383 e. The SMILES string of the molecule is CCN(CCOC)[C@H]1CC[C@H](c2cnc3c(c2)c(-c2cnn(C)c2)cn3S)CC1. The Morgan fingerprint density at radius 3 is 2.66 bits per heavy atom. The van der Waals surface area contributed by atoms with Gasteiger partial charge in [0.05, 0.1) is 12.8 Å². The Bertz CT molecular complexity index is 957. The van der Waals surface area contributed by atoms with Gasteiger partial charge in [-0.05, 0) is 49.8 Å². The molecule has 7 heteroatoms. The van der Waals surface area contributed by atoms with Crippen molar-refractivity contribution < 1.29 is 4.74 Å². The van der Waals surface area contributed by atoms with Crippen LogP contribution in [0.3, 0.4) is 0 Å². The number of pyridine rings is 1. The van der Waals surface area contributed by atoms with Crippen LogP contribution in [-0.2, 0) is 11.8 Å². The third-order valence-electron chi connectivity index (χ3n) is 6.34. The zero-order valence-electron chi connectivity index (χ0n) is 17.6. The van der Waals surface area contributed by atoms with Crippen LogP contribution in [0.15, 0.2) is 30.9 Å². The summed E-state index contributed by atoms with van der Waals surface area (Å²) in [6.07, 6.45) is 12.9. The number of thiol groups is 1. The molecule has 0 atom stereocenters. The second kappa shape index (κ2) is 8.90. The lowest BCUT2D eigenvalue weighted by Crippen LogP contribution is -2.39. The number of ether oxygens (including phenoxy) is 1. The first-order chi connectivity index (χ1) is 14.1. The maximum Gasteiger partial charge on any atom is 0.150 e. The van der Waals surface area contributed by atoms with Gasteiger partial charge in [0.1, 0.15) is 5.65 Å². The van der Waals surface area contributed by atoms with E-state index < -0.39 is 0 Å². The first-order valence-corrected chi connectivity index (χ1v) is 10.9. The molecule has 1 aliphatic rings. The van der Waals surface area contributed by atoms with Gasteiger partial charge < -0.3 is 4.74 Å². The van der Waals surface area contributed by atoms with Crippen LogP contribution < -0.4 is 0 Å². The molecule has 1 fully saturated rings. The molecule has 6 nitrogen and oxygen atoms in total. The van der Waals surface area contributed by atoms with Gasteiger partial charge in [0.15, 0.2) is 0 Å². The Kier molecular flexibility index (Phi) is 6.27. The van der Waals surface area contributed by atoms with E-state index in [1.165, 1.54) is 31.2 Å². The third-order valence-corrected chi connectivity index (χ3v) is 6.64. The quantitative estimate of drug-likeness (QED) is 0.592. The van der Waals surface area contributed by atoms with E-state index in [2.05, 4.69) is 42.0 Å². The highest BCUT2D eigenvalue weighted by molar-refractivity contribution is 7.78. The second-order valence-electron chi connectivity index (χ2n) is 8.06. The summed E-state index contributed by atoms with van der Waals surface area (Å²) in [5, 5.41) is 5.48. The number of aryl methyl sites for hydroxylation is 1. The molecule has 3 aromatic rings. The topological polar surface area (TPSA) is 48.1 Å². The highest BCUT2D eigenvalue weighted by atomic mass is 32.1. The van der Waals surface area contributed by atoms with Crippen LogP contribution in [0, 0.1) is 0 Å². The number of fused-ring (bicyclic) bond motifs is 1. The zero-order valence-corrected chi connectivity index (χ0v) is 18.5. The number of likely N-dealkylation sites (N-methyl/N-ethyl adjacent to an activating group) is 1. The minimum absolute atomic E-state index is 0.578. The number of methoxy groups -OCH3 is 1. The number of hydrogen-bond donors (Lipinski definition) is 1. The molecule has 0 saturated heterocycles. The van der Waals surface area contributed by atoms with Gasteiger partial charge in [0, 0.05) is 61.8 Å². The summed E-state index contributed by atoms with van der Waals surface area (Å²) in [4.78, 5) is 7.32. The van der Waals surface area contributed by atoms with E-state index in [9.17, 15) is 0 Å². The lowest BCUT2D eigenvalue weighted by Gasteiger charge is -2.36. The number of hydrogen-bond acceptors (Lipinski definition) is 5. The van der Waals surface area contributed by atoms with E-state index in [4.69, 9.17) is 9.72 Å². The Balaban J connectivity index is 1.53. The van der Waals surface area contributed by atoms with Crippen molar-refractivity contribution >= 4 is 23.8 Å². The van der Waals surface area contributed by atoms with Crippen LogP contribution in [0.1, 0.15) is 44.1 Å². The molecule has 0 unspecified atom stereocenters. The molecule has 0 N–H and O–H groups in total. The summed E-state index contributed by atoms with van der Waals surface area (Å²) in [5.41, 5.74) is 4.49. The van der Waals surface area contributed by atoms with Gasteiger partial charge in [-0.1, -0.05) is 19.7 Å². The highest BCUT2D eigenvalue weighted by Crippen LogP contribution is 2.37. The number of aromatic nitrogens is 4. The monoisotopic (exact) mass is 413 g/mol. The smallest absolute Gasteiger partial charge is 0.150 e. The van der Waals surface area contributed by atoms with Gasteiger partial charge in [-0.25, -0.2) is 4.98 Å². The van der Waals surface area contributed by atoms with Gasteiger partial charge in [0.2, 0.25) is 0 Å². The Labute approximate surface area is 178 Å². The molecule has 0 aromatic carbocycles. The fourth-order valence-corrected chi connectivity index (χ4v) is 4.98. The van der Waals surface area contributed by atoms with E-state index in [1.807, 2.05) is 34.3 Å². The zero-order chi connectivity index (χ0) is 20.4. The summed E-state index contributed by atoms with van der Waals surface area (Å²) in [5.74, 6) is 0.578. The van der Waals surface area contributed by atoms with Gasteiger partial charge >= 0.3 is 0 Å². The summed E-state index contributed by atoms with van der Waals surface area (Å²) < 4.78 is 8.93. The fraction of sp³-hybridized carbons (Fsp3) is 0.545. The van der Waals surface area contributed by atoms with Crippen molar-refractivity contribution in [2.24, 2.45) is 7.05 Å². The minimum atomic E-state index is 0.578. The molecule has 3 aromatic heterocycles. The van der Waals surface area contributed by atoms with Crippen molar-refractivity contribution in [3.8, 4) is 11.1 Å². The van der Waals surface area contributed by atoms with Crippen LogP contribution in [0.2, 0.25) is 0 Å². The average molecular weight is 414 g/mol. The molecule has 0 bridgehead atoms. The first-order valence-electron chi connectivity index (χ1n) is 10.5. The molecular formula is C22H31N5OS. The summed E-state index contributed by atoms with van der Waals surface area (Å²) >= 11 is 4.57. The van der Waals surface area contributed by atoms with Crippen LogP contribution in [0.5, 0.6) is 0 Å². The molecule has 0 radical (unpaired) electrons. The van der Waals surface area contributed by atoms with Gasteiger partial charge in [0.25, 0.3) is 0 Å². The molecule has 0 amide bonds. The van der Waals surface area contributed by atoms with E-state index in [0.29, 0.717) is 12.0 Å². The Hall–Kier alpha value is -1.83. The van der Waals surface area contributed by atoms with E-state index in [-0.39, 0.29) is 0 Å². The predicted octanol–water partition coefficient (Wildman–Crippen LogP) is 4.12. The lowest BCUT2D eigenvalue weighted by atomic mass is 9.81. The van der Waals surface area contributed by atoms with Gasteiger partial charge in [-0.15, -0.1) is 0 Å². The molecule has 156 valence electrons. The Morgan fingerprint density at radius 2 is 2.00 bits per heavy atom. The van der Waals surface area contributed by atoms with Crippen LogP contribution in [-0.4, -0.2) is 56.5 Å². The van der Waals surface area contributed by atoms with Crippen molar-refractivity contribution in [1.29, 1.82) is 0 Å². The predicted molar refractivity (Wildman–Crippen MR) is 120 cm³/mol. The molecule has 4 rings (SSSR count). The molecule has 1 aliphatic carbocycles. The Morgan fingerprint density at radius 1 is 1.21 bits per heavy atom.